The molecular weight excluding hydrogens is 359 g/mol. The van der Waals surface area contributed by atoms with Crippen LogP contribution >= 0.6 is 27.5 Å². The Morgan fingerprint density at radius 2 is 2.19 bits per heavy atom. The first-order chi connectivity index (χ1) is 9.90. The molecule has 21 heavy (non-hydrogen) atoms. The van der Waals surface area contributed by atoms with Gasteiger partial charge in [-0.2, -0.15) is 5.10 Å². The molecule has 0 saturated carbocycles. The quantitative estimate of drug-likeness (QED) is 0.874. The average molecular weight is 376 g/mol. The van der Waals surface area contributed by atoms with E-state index in [-0.39, 0.29) is 0 Å². The molecule has 1 unspecified atom stereocenters. The molecule has 114 valence electrons. The smallest absolute Gasteiger partial charge is 0.129 e. The molecule has 0 aliphatic heterocycles. The van der Waals surface area contributed by atoms with Crippen molar-refractivity contribution in [3.05, 3.63) is 51.0 Å². The van der Waals surface area contributed by atoms with Crippen LogP contribution in [0.3, 0.4) is 0 Å². The van der Waals surface area contributed by atoms with Crippen molar-refractivity contribution in [2.75, 3.05) is 20.6 Å². The molecule has 4 nitrogen and oxygen atoms in total. The first kappa shape index (κ1) is 16.4. The van der Waals surface area contributed by atoms with Gasteiger partial charge < -0.3 is 10.6 Å². The summed E-state index contributed by atoms with van der Waals surface area (Å²) in [4.78, 5) is 2.05. The van der Waals surface area contributed by atoms with E-state index in [1.807, 2.05) is 19.0 Å². The van der Waals surface area contributed by atoms with Gasteiger partial charge in [0.25, 0.3) is 0 Å². The van der Waals surface area contributed by atoms with Gasteiger partial charge in [0, 0.05) is 17.1 Å². The predicted molar refractivity (Wildman–Crippen MR) is 85.9 cm³/mol. The van der Waals surface area contributed by atoms with E-state index in [0.29, 0.717) is 17.1 Å². The fourth-order valence-electron chi connectivity index (χ4n) is 2.06. The molecule has 0 spiro atoms. The maximum Gasteiger partial charge on any atom is 0.129 e. The molecular formula is C14H17BrClFN4. The summed E-state index contributed by atoms with van der Waals surface area (Å²) < 4.78 is 16.6. The van der Waals surface area contributed by atoms with E-state index in [9.17, 15) is 4.39 Å². The zero-order chi connectivity index (χ0) is 15.6. The molecule has 0 radical (unpaired) electrons. The van der Waals surface area contributed by atoms with Crippen LogP contribution in [-0.4, -0.2) is 35.3 Å². The largest absolute Gasteiger partial charge is 0.319 e. The topological polar surface area (TPSA) is 47.1 Å². The van der Waals surface area contributed by atoms with Gasteiger partial charge in [-0.05, 0) is 42.2 Å². The van der Waals surface area contributed by atoms with Crippen molar-refractivity contribution in [3.63, 3.8) is 0 Å². The Kier molecular flexibility index (Phi) is 5.37. The van der Waals surface area contributed by atoms with Crippen LogP contribution in [0.5, 0.6) is 0 Å². The van der Waals surface area contributed by atoms with Crippen molar-refractivity contribution in [1.29, 1.82) is 0 Å². The second-order valence-electron chi connectivity index (χ2n) is 5.05. The Bertz CT molecular complexity index is 629. The summed E-state index contributed by atoms with van der Waals surface area (Å²) >= 11 is 9.22. The van der Waals surface area contributed by atoms with Crippen molar-refractivity contribution in [2.45, 2.75) is 12.6 Å². The van der Waals surface area contributed by atoms with Crippen LogP contribution in [0.2, 0.25) is 5.02 Å². The molecule has 2 rings (SSSR count). The first-order valence-corrected chi connectivity index (χ1v) is 7.63. The molecule has 1 atom stereocenters. The van der Waals surface area contributed by atoms with E-state index >= 15 is 0 Å². The second-order valence-corrected chi connectivity index (χ2v) is 6.34. The minimum atomic E-state index is -0.610. The maximum atomic E-state index is 14.1. The SMILES string of the molecule is CN(C)CCn1ncc(Br)c1C(N)c1ccc(Cl)cc1F. The monoisotopic (exact) mass is 374 g/mol. The van der Waals surface area contributed by atoms with Crippen LogP contribution in [0.15, 0.2) is 28.9 Å². The molecule has 0 amide bonds. The molecule has 0 aliphatic rings. The number of rotatable bonds is 5. The number of benzene rings is 1. The molecule has 1 aromatic heterocycles. The summed E-state index contributed by atoms with van der Waals surface area (Å²) in [6.45, 7) is 1.49. The maximum absolute atomic E-state index is 14.1. The lowest BCUT2D eigenvalue weighted by molar-refractivity contribution is 0.367. The fraction of sp³-hybridized carbons (Fsp3) is 0.357. The van der Waals surface area contributed by atoms with Crippen LogP contribution < -0.4 is 5.73 Å². The number of likely N-dealkylation sites (N-methyl/N-ethyl adjacent to an activating group) is 1. The van der Waals surface area contributed by atoms with Gasteiger partial charge in [-0.3, -0.25) is 4.68 Å². The number of nitrogens with two attached hydrogens (primary N) is 1. The van der Waals surface area contributed by atoms with Gasteiger partial charge in [-0.1, -0.05) is 17.7 Å². The molecule has 2 N–H and O–H groups in total. The van der Waals surface area contributed by atoms with Crippen LogP contribution in [0.4, 0.5) is 4.39 Å². The van der Waals surface area contributed by atoms with Gasteiger partial charge in [-0.15, -0.1) is 0 Å². The van der Waals surface area contributed by atoms with Crippen LogP contribution in [0.25, 0.3) is 0 Å². The minimum Gasteiger partial charge on any atom is -0.319 e. The van der Waals surface area contributed by atoms with Crippen molar-refractivity contribution in [1.82, 2.24) is 14.7 Å². The molecule has 1 aromatic carbocycles. The standard InChI is InChI=1S/C14H17BrClFN4/c1-20(2)5-6-21-14(11(15)8-19-21)13(18)10-4-3-9(16)7-12(10)17/h3-4,7-8,13H,5-6,18H2,1-2H3. The third-order valence-corrected chi connectivity index (χ3v) is 4.03. The van der Waals surface area contributed by atoms with E-state index in [1.165, 1.54) is 6.07 Å². The lowest BCUT2D eigenvalue weighted by Crippen LogP contribution is -2.24. The van der Waals surface area contributed by atoms with Gasteiger partial charge in [-0.25, -0.2) is 4.39 Å². The van der Waals surface area contributed by atoms with Crippen molar-refractivity contribution in [2.24, 2.45) is 5.73 Å². The number of aromatic nitrogens is 2. The Hall–Kier alpha value is -0.950. The average Bonchev–Trinajstić information content (AvgIpc) is 2.77. The normalized spacial score (nSPS) is 12.9. The minimum absolute atomic E-state index is 0.351. The van der Waals surface area contributed by atoms with E-state index < -0.39 is 11.9 Å². The highest BCUT2D eigenvalue weighted by Gasteiger charge is 2.21. The number of halogens is 3. The Morgan fingerprint density at radius 1 is 1.48 bits per heavy atom. The molecule has 0 aliphatic carbocycles. The van der Waals surface area contributed by atoms with E-state index in [4.69, 9.17) is 17.3 Å². The highest BCUT2D eigenvalue weighted by Crippen LogP contribution is 2.29. The van der Waals surface area contributed by atoms with E-state index in [2.05, 4.69) is 21.0 Å². The zero-order valence-corrected chi connectivity index (χ0v) is 14.2. The number of hydrogen-bond acceptors (Lipinski definition) is 3. The third kappa shape index (κ3) is 3.83. The van der Waals surface area contributed by atoms with Gasteiger partial charge >= 0.3 is 0 Å². The molecule has 1 heterocycles. The van der Waals surface area contributed by atoms with Crippen molar-refractivity contribution < 1.29 is 4.39 Å². The predicted octanol–water partition coefficient (Wildman–Crippen LogP) is 3.05. The molecule has 0 fully saturated rings. The van der Waals surface area contributed by atoms with Gasteiger partial charge in [0.1, 0.15) is 5.82 Å². The fourth-order valence-corrected chi connectivity index (χ4v) is 2.76. The summed E-state index contributed by atoms with van der Waals surface area (Å²) in [5, 5.41) is 4.65. The van der Waals surface area contributed by atoms with Gasteiger partial charge in [0.05, 0.1) is 29.0 Å². The molecule has 0 bridgehead atoms. The Morgan fingerprint density at radius 3 is 2.81 bits per heavy atom. The summed E-state index contributed by atoms with van der Waals surface area (Å²) in [7, 11) is 3.97. The summed E-state index contributed by atoms with van der Waals surface area (Å²) in [6, 6.07) is 3.90. The van der Waals surface area contributed by atoms with Gasteiger partial charge in [0.2, 0.25) is 0 Å². The summed E-state index contributed by atoms with van der Waals surface area (Å²) in [6.07, 6.45) is 1.68. The molecule has 2 aromatic rings. The van der Waals surface area contributed by atoms with Crippen LogP contribution in [-0.2, 0) is 6.54 Å². The zero-order valence-electron chi connectivity index (χ0n) is 11.9. The summed E-state index contributed by atoms with van der Waals surface area (Å²) in [5.74, 6) is -0.415. The molecule has 0 saturated heterocycles. The van der Waals surface area contributed by atoms with Crippen LogP contribution in [0.1, 0.15) is 17.3 Å². The molecule has 7 heteroatoms. The Balaban J connectivity index is 2.34. The van der Waals surface area contributed by atoms with Crippen LogP contribution in [0, 0.1) is 5.82 Å². The highest BCUT2D eigenvalue weighted by atomic mass is 79.9. The number of hydrogen-bond donors (Lipinski definition) is 1. The first-order valence-electron chi connectivity index (χ1n) is 6.46. The highest BCUT2D eigenvalue weighted by molar-refractivity contribution is 9.10. The second kappa shape index (κ2) is 6.87. The summed E-state index contributed by atoms with van der Waals surface area (Å²) in [5.41, 5.74) is 7.38. The van der Waals surface area contributed by atoms with E-state index in [0.717, 1.165) is 16.7 Å². The van der Waals surface area contributed by atoms with Crippen molar-refractivity contribution in [3.8, 4) is 0 Å². The Labute approximate surface area is 136 Å². The van der Waals surface area contributed by atoms with Gasteiger partial charge in [0.15, 0.2) is 0 Å². The van der Waals surface area contributed by atoms with Crippen molar-refractivity contribution >= 4 is 27.5 Å². The lowest BCUT2D eigenvalue weighted by Gasteiger charge is -2.18. The third-order valence-electron chi connectivity index (χ3n) is 3.18. The number of nitrogens with zero attached hydrogens (tertiary/aromatic N) is 3. The van der Waals surface area contributed by atoms with E-state index in [1.54, 1.807) is 23.0 Å². The lowest BCUT2D eigenvalue weighted by atomic mass is 10.0.